The number of benzene rings is 1. The van der Waals surface area contributed by atoms with Crippen molar-refractivity contribution in [2.75, 3.05) is 39.8 Å². The predicted octanol–water partition coefficient (Wildman–Crippen LogP) is 0.649. The highest BCUT2D eigenvalue weighted by Gasteiger charge is 2.37. The zero-order valence-corrected chi connectivity index (χ0v) is 13.4. The highest BCUT2D eigenvalue weighted by Crippen LogP contribution is 2.21. The van der Waals surface area contributed by atoms with Gasteiger partial charge in [-0.25, -0.2) is 0 Å². The maximum Gasteiger partial charge on any atom is 0.241 e. The lowest BCUT2D eigenvalue weighted by Gasteiger charge is -2.45. The summed E-state index contributed by atoms with van der Waals surface area (Å²) in [6, 6.07) is 6.17. The Labute approximate surface area is 133 Å². The molecule has 0 saturated carbocycles. The number of hydrogen-bond acceptors (Lipinski definition) is 6. The van der Waals surface area contributed by atoms with Gasteiger partial charge in [0.1, 0.15) is 17.1 Å². The highest BCUT2D eigenvalue weighted by atomic mass is 32.1. The molecule has 2 aliphatic heterocycles. The minimum Gasteiger partial charge on any atom is -0.343 e. The second-order valence-electron chi connectivity index (χ2n) is 6.10. The first kappa shape index (κ1) is 14.0. The summed E-state index contributed by atoms with van der Waals surface area (Å²) in [6.07, 6.45) is 0. The van der Waals surface area contributed by atoms with Gasteiger partial charge in [-0.3, -0.25) is 14.6 Å². The number of piperazine rings is 2. The first-order valence-electron chi connectivity index (χ1n) is 7.64. The summed E-state index contributed by atoms with van der Waals surface area (Å²) in [6.45, 7) is 5.45. The number of carbonyl (C=O) groups is 1. The molecule has 7 heteroatoms. The molecule has 2 saturated heterocycles. The third-order valence-corrected chi connectivity index (χ3v) is 5.27. The van der Waals surface area contributed by atoms with Gasteiger partial charge in [0, 0.05) is 46.3 Å². The molecule has 1 aromatic heterocycles. The average Bonchev–Trinajstić information content (AvgIpc) is 3.01. The lowest BCUT2D eigenvalue weighted by Crippen LogP contribution is -2.63. The van der Waals surface area contributed by atoms with Crippen molar-refractivity contribution in [1.82, 2.24) is 23.4 Å². The molecule has 0 N–H and O–H groups in total. The molecule has 2 aromatic rings. The molecular formula is C15H19N5OS. The van der Waals surface area contributed by atoms with Gasteiger partial charge in [0.15, 0.2) is 0 Å². The number of aromatic nitrogens is 2. The van der Waals surface area contributed by atoms with Crippen molar-refractivity contribution in [2.45, 2.75) is 12.6 Å². The second-order valence-corrected chi connectivity index (χ2v) is 6.62. The number of fused-ring (bicyclic) bond motifs is 2. The monoisotopic (exact) mass is 317 g/mol. The van der Waals surface area contributed by atoms with Crippen LogP contribution in [-0.4, -0.2) is 75.2 Å². The minimum absolute atomic E-state index is 0.0141. The van der Waals surface area contributed by atoms with Gasteiger partial charge in [-0.05, 0) is 11.6 Å². The third-order valence-electron chi connectivity index (χ3n) is 4.72. The van der Waals surface area contributed by atoms with Crippen molar-refractivity contribution in [3.63, 3.8) is 0 Å². The number of rotatable bonds is 2. The summed E-state index contributed by atoms with van der Waals surface area (Å²) in [5.74, 6) is 0.254. The molecule has 0 radical (unpaired) electrons. The van der Waals surface area contributed by atoms with Crippen molar-refractivity contribution in [2.24, 2.45) is 0 Å². The molecule has 22 heavy (non-hydrogen) atoms. The molecule has 0 bridgehead atoms. The Bertz CT molecular complexity index is 702. The molecule has 1 aromatic carbocycles. The zero-order valence-electron chi connectivity index (χ0n) is 12.6. The van der Waals surface area contributed by atoms with E-state index in [0.29, 0.717) is 0 Å². The molecule has 2 aliphatic rings. The van der Waals surface area contributed by atoms with Crippen LogP contribution < -0.4 is 0 Å². The van der Waals surface area contributed by atoms with Crippen LogP contribution in [0.3, 0.4) is 0 Å². The van der Waals surface area contributed by atoms with E-state index in [1.54, 1.807) is 0 Å². The van der Waals surface area contributed by atoms with Crippen molar-refractivity contribution in [1.29, 1.82) is 0 Å². The Balaban J connectivity index is 1.52. The van der Waals surface area contributed by atoms with E-state index < -0.39 is 0 Å². The average molecular weight is 317 g/mol. The standard InChI is InChI=1S/C15H19N5OS/c1-18-5-7-20-8-6-19(10-13(20)15(18)21)9-11-3-2-4-12-14(11)17-22-16-12/h2-4,13H,5-10H2,1H3/t13-/m1/s1. The van der Waals surface area contributed by atoms with E-state index in [4.69, 9.17) is 0 Å². The summed E-state index contributed by atoms with van der Waals surface area (Å²) < 4.78 is 8.71. The molecule has 116 valence electrons. The van der Waals surface area contributed by atoms with Crippen LogP contribution in [0.4, 0.5) is 0 Å². The van der Waals surface area contributed by atoms with E-state index in [2.05, 4.69) is 24.6 Å². The topological polar surface area (TPSA) is 52.6 Å². The van der Waals surface area contributed by atoms with Crippen LogP contribution >= 0.6 is 11.7 Å². The zero-order chi connectivity index (χ0) is 15.1. The lowest BCUT2D eigenvalue weighted by molar-refractivity contribution is -0.143. The fourth-order valence-corrected chi connectivity index (χ4v) is 3.96. The molecular weight excluding hydrogens is 298 g/mol. The number of carbonyl (C=O) groups excluding carboxylic acids is 1. The molecule has 0 aliphatic carbocycles. The summed E-state index contributed by atoms with van der Waals surface area (Å²) in [5, 5.41) is 0. The van der Waals surface area contributed by atoms with Gasteiger partial charge >= 0.3 is 0 Å². The Kier molecular flexibility index (Phi) is 3.56. The van der Waals surface area contributed by atoms with Gasteiger partial charge in [-0.2, -0.15) is 8.75 Å². The number of nitrogens with zero attached hydrogens (tertiary/aromatic N) is 5. The molecule has 2 fully saturated rings. The van der Waals surface area contributed by atoms with Crippen molar-refractivity contribution >= 4 is 28.7 Å². The van der Waals surface area contributed by atoms with E-state index in [0.717, 1.165) is 50.3 Å². The fraction of sp³-hybridized carbons (Fsp3) is 0.533. The molecule has 6 nitrogen and oxygen atoms in total. The molecule has 1 amide bonds. The maximum absolute atomic E-state index is 12.4. The quantitative estimate of drug-likeness (QED) is 0.814. The number of hydrogen-bond donors (Lipinski definition) is 0. The van der Waals surface area contributed by atoms with Crippen LogP contribution in [0.15, 0.2) is 18.2 Å². The minimum atomic E-state index is 0.0141. The van der Waals surface area contributed by atoms with Crippen LogP contribution in [0.1, 0.15) is 5.56 Å². The normalized spacial score (nSPS) is 24.0. The van der Waals surface area contributed by atoms with Gasteiger partial charge in [-0.15, -0.1) is 0 Å². The van der Waals surface area contributed by atoms with Crippen LogP contribution in [0.2, 0.25) is 0 Å². The SMILES string of the molecule is CN1CCN2CCN(Cc3cccc4nsnc34)C[C@@H]2C1=O. The molecule has 0 spiro atoms. The van der Waals surface area contributed by atoms with Gasteiger partial charge in [0.05, 0.1) is 11.7 Å². The molecule has 3 heterocycles. The van der Waals surface area contributed by atoms with Crippen LogP contribution in [-0.2, 0) is 11.3 Å². The van der Waals surface area contributed by atoms with Crippen molar-refractivity contribution in [3.05, 3.63) is 23.8 Å². The number of likely N-dealkylation sites (N-methyl/N-ethyl adjacent to an activating group) is 1. The lowest BCUT2D eigenvalue weighted by atomic mass is 10.1. The fourth-order valence-electron chi connectivity index (χ4n) is 3.40. The highest BCUT2D eigenvalue weighted by molar-refractivity contribution is 7.00. The summed E-state index contributed by atoms with van der Waals surface area (Å²) in [7, 11) is 1.90. The third kappa shape index (κ3) is 2.39. The van der Waals surface area contributed by atoms with Crippen LogP contribution in [0.5, 0.6) is 0 Å². The van der Waals surface area contributed by atoms with Crippen LogP contribution in [0, 0.1) is 0 Å². The second kappa shape index (κ2) is 5.57. The van der Waals surface area contributed by atoms with Crippen molar-refractivity contribution < 1.29 is 4.79 Å². The van der Waals surface area contributed by atoms with E-state index >= 15 is 0 Å². The molecule has 1 atom stereocenters. The Morgan fingerprint density at radius 2 is 2.09 bits per heavy atom. The van der Waals surface area contributed by atoms with Gasteiger partial charge in [0.2, 0.25) is 5.91 Å². The van der Waals surface area contributed by atoms with Gasteiger partial charge < -0.3 is 4.90 Å². The first-order valence-corrected chi connectivity index (χ1v) is 8.37. The van der Waals surface area contributed by atoms with Gasteiger partial charge in [0.25, 0.3) is 0 Å². The molecule has 4 rings (SSSR count). The van der Waals surface area contributed by atoms with E-state index in [-0.39, 0.29) is 11.9 Å². The summed E-state index contributed by atoms with van der Waals surface area (Å²) in [5.41, 5.74) is 3.17. The largest absolute Gasteiger partial charge is 0.343 e. The first-order chi connectivity index (χ1) is 10.7. The van der Waals surface area contributed by atoms with Crippen LogP contribution in [0.25, 0.3) is 11.0 Å². The Hall–Kier alpha value is -1.57. The van der Waals surface area contributed by atoms with E-state index in [1.807, 2.05) is 24.1 Å². The smallest absolute Gasteiger partial charge is 0.241 e. The van der Waals surface area contributed by atoms with E-state index in [9.17, 15) is 4.79 Å². The van der Waals surface area contributed by atoms with Gasteiger partial charge in [-0.1, -0.05) is 12.1 Å². The Morgan fingerprint density at radius 3 is 3.00 bits per heavy atom. The summed E-state index contributed by atoms with van der Waals surface area (Å²) in [4.78, 5) is 18.9. The summed E-state index contributed by atoms with van der Waals surface area (Å²) >= 11 is 1.26. The van der Waals surface area contributed by atoms with Crippen molar-refractivity contribution in [3.8, 4) is 0 Å². The molecule has 0 unspecified atom stereocenters. The van der Waals surface area contributed by atoms with E-state index in [1.165, 1.54) is 17.3 Å². The predicted molar refractivity (Wildman–Crippen MR) is 85.7 cm³/mol. The number of amides is 1. The Morgan fingerprint density at radius 1 is 1.23 bits per heavy atom. The maximum atomic E-state index is 12.4.